The number of H-pyrrole nitrogens is 1. The predicted octanol–water partition coefficient (Wildman–Crippen LogP) is 4.38. The van der Waals surface area contributed by atoms with Crippen molar-refractivity contribution in [2.24, 2.45) is 0 Å². The molecule has 0 radical (unpaired) electrons. The van der Waals surface area contributed by atoms with Crippen molar-refractivity contribution in [2.45, 2.75) is 6.42 Å². The number of allylic oxidation sites excluding steroid dienone is 3. The molecule has 8 heteroatoms. The zero-order valence-electron chi connectivity index (χ0n) is 15.4. The smallest absolute Gasteiger partial charge is 0.165 e. The van der Waals surface area contributed by atoms with Gasteiger partial charge in [0.2, 0.25) is 0 Å². The second-order valence-electron chi connectivity index (χ2n) is 6.64. The molecule has 5 rings (SSSR count). The lowest BCUT2D eigenvalue weighted by atomic mass is 10.1. The maximum atomic E-state index is 13.6. The van der Waals surface area contributed by atoms with Crippen molar-refractivity contribution >= 4 is 44.0 Å². The van der Waals surface area contributed by atoms with Crippen LogP contribution >= 0.6 is 11.3 Å². The van der Waals surface area contributed by atoms with E-state index in [0.29, 0.717) is 24.6 Å². The Bertz CT molecular complexity index is 1300. The number of fused-ring (bicyclic) bond motifs is 2. The first-order valence-electron chi connectivity index (χ1n) is 9.13. The average molecular weight is 404 g/mol. The summed E-state index contributed by atoms with van der Waals surface area (Å²) in [6.07, 6.45) is 8.29. The topological polar surface area (TPSA) is 78.5 Å². The van der Waals surface area contributed by atoms with Crippen molar-refractivity contribution in [2.75, 3.05) is 11.9 Å². The van der Waals surface area contributed by atoms with Gasteiger partial charge < -0.3 is 15.6 Å². The van der Waals surface area contributed by atoms with Gasteiger partial charge in [0.25, 0.3) is 0 Å². The molecule has 1 aliphatic rings. The second-order valence-corrected chi connectivity index (χ2v) is 7.48. The lowest BCUT2D eigenvalue weighted by Crippen LogP contribution is -2.12. The van der Waals surface area contributed by atoms with Crippen LogP contribution in [-0.2, 0) is 6.42 Å². The van der Waals surface area contributed by atoms with E-state index < -0.39 is 0 Å². The largest absolute Gasteiger partial charge is 0.368 e. The predicted molar refractivity (Wildman–Crippen MR) is 115 cm³/mol. The number of nitrogens with zero attached hydrogens (tertiary/aromatic N) is 3. The Labute approximate surface area is 169 Å². The van der Waals surface area contributed by atoms with Gasteiger partial charge in [-0.25, -0.2) is 19.3 Å². The van der Waals surface area contributed by atoms with Crippen LogP contribution in [-0.4, -0.2) is 26.5 Å². The van der Waals surface area contributed by atoms with Gasteiger partial charge in [0.1, 0.15) is 16.2 Å². The minimum Gasteiger partial charge on any atom is -0.368 e. The van der Waals surface area contributed by atoms with Gasteiger partial charge in [-0.1, -0.05) is 6.58 Å². The third kappa shape index (κ3) is 3.27. The van der Waals surface area contributed by atoms with Crippen molar-refractivity contribution < 1.29 is 4.39 Å². The van der Waals surface area contributed by atoms with Crippen molar-refractivity contribution in [3.63, 3.8) is 0 Å². The Kier molecular flexibility index (Phi) is 4.33. The number of halogens is 1. The van der Waals surface area contributed by atoms with Crippen LogP contribution in [0.15, 0.2) is 60.5 Å². The molecule has 3 aromatic heterocycles. The fourth-order valence-corrected chi connectivity index (χ4v) is 4.02. The molecule has 1 aromatic carbocycles. The maximum absolute atomic E-state index is 13.6. The monoisotopic (exact) mass is 404 g/mol. The third-order valence-corrected chi connectivity index (χ3v) is 5.52. The first kappa shape index (κ1) is 17.6. The first-order valence-corrected chi connectivity index (χ1v) is 10.0. The summed E-state index contributed by atoms with van der Waals surface area (Å²) in [5, 5.41) is 7.36. The number of benzene rings is 1. The SMILES string of the molecule is C=C1NC=CC=C1c1nc(NCCc2c[nH]c3ccc(F)cc23)c2ncsc2n1. The highest BCUT2D eigenvalue weighted by molar-refractivity contribution is 7.16. The van der Waals surface area contributed by atoms with E-state index in [1.807, 2.05) is 24.5 Å². The Morgan fingerprint density at radius 2 is 2.17 bits per heavy atom. The summed E-state index contributed by atoms with van der Waals surface area (Å²) in [6, 6.07) is 4.77. The molecule has 0 fully saturated rings. The molecule has 29 heavy (non-hydrogen) atoms. The summed E-state index contributed by atoms with van der Waals surface area (Å²) >= 11 is 1.47. The normalized spacial score (nSPS) is 13.7. The van der Waals surface area contributed by atoms with Gasteiger partial charge >= 0.3 is 0 Å². The summed E-state index contributed by atoms with van der Waals surface area (Å²) < 4.78 is 13.6. The van der Waals surface area contributed by atoms with Crippen LogP contribution in [0.25, 0.3) is 26.8 Å². The number of thiazole rings is 1. The number of aromatic nitrogens is 4. The van der Waals surface area contributed by atoms with Crippen LogP contribution in [0.1, 0.15) is 11.4 Å². The van der Waals surface area contributed by atoms with E-state index in [9.17, 15) is 4.39 Å². The van der Waals surface area contributed by atoms with Crippen molar-refractivity contribution in [3.05, 3.63) is 77.7 Å². The molecule has 0 bridgehead atoms. The van der Waals surface area contributed by atoms with E-state index >= 15 is 0 Å². The molecule has 3 N–H and O–H groups in total. The van der Waals surface area contributed by atoms with Gasteiger partial charge in [0.15, 0.2) is 11.6 Å². The molecule has 144 valence electrons. The Hall–Kier alpha value is -3.52. The van der Waals surface area contributed by atoms with Crippen LogP contribution in [0, 0.1) is 5.82 Å². The van der Waals surface area contributed by atoms with Crippen molar-refractivity contribution in [1.29, 1.82) is 0 Å². The molecule has 4 aromatic rings. The number of hydrogen-bond donors (Lipinski definition) is 3. The quantitative estimate of drug-likeness (QED) is 0.460. The highest BCUT2D eigenvalue weighted by atomic mass is 32.1. The molecule has 0 saturated carbocycles. The molecule has 0 saturated heterocycles. The summed E-state index contributed by atoms with van der Waals surface area (Å²) in [4.78, 5) is 17.7. The molecule has 4 heterocycles. The number of dihydropyridines is 1. The average Bonchev–Trinajstić information content (AvgIpc) is 3.35. The summed E-state index contributed by atoms with van der Waals surface area (Å²) in [7, 11) is 0. The van der Waals surface area contributed by atoms with Gasteiger partial charge in [-0.05, 0) is 42.3 Å². The number of rotatable bonds is 5. The lowest BCUT2D eigenvalue weighted by molar-refractivity contribution is 0.629. The number of nitrogens with one attached hydrogen (secondary N) is 3. The molecule has 1 aliphatic heterocycles. The Morgan fingerprint density at radius 3 is 3.07 bits per heavy atom. The molecule has 0 atom stereocenters. The third-order valence-electron chi connectivity index (χ3n) is 4.80. The fourth-order valence-electron chi connectivity index (χ4n) is 3.36. The molecule has 0 amide bonds. The van der Waals surface area contributed by atoms with Crippen molar-refractivity contribution in [3.8, 4) is 0 Å². The zero-order valence-corrected chi connectivity index (χ0v) is 16.2. The fraction of sp³-hybridized carbons (Fsp3) is 0.0952. The van der Waals surface area contributed by atoms with Crippen molar-refractivity contribution in [1.82, 2.24) is 25.3 Å². The standard InChI is InChI=1S/C21H17FN6S/c1-12-15(3-2-7-23-12)19-27-20(18-21(28-19)29-11-26-18)24-8-6-13-10-25-17-5-4-14(22)9-16(13)17/h2-5,7,9-11,23,25H,1,6,8H2,(H,24,27,28). The second kappa shape index (κ2) is 7.14. The maximum Gasteiger partial charge on any atom is 0.165 e. The van der Waals surface area contributed by atoms with E-state index in [2.05, 4.69) is 32.2 Å². The van der Waals surface area contributed by atoms with Gasteiger partial charge in [-0.2, -0.15) is 0 Å². The summed E-state index contributed by atoms with van der Waals surface area (Å²) in [5.74, 6) is 1.04. The minimum absolute atomic E-state index is 0.237. The van der Waals surface area contributed by atoms with Crippen LogP contribution in [0.4, 0.5) is 10.2 Å². The Balaban J connectivity index is 1.42. The van der Waals surface area contributed by atoms with Gasteiger partial charge in [0.05, 0.1) is 5.51 Å². The minimum atomic E-state index is -0.237. The van der Waals surface area contributed by atoms with Crippen LogP contribution in [0.5, 0.6) is 0 Å². The molecule has 0 spiro atoms. The molecular weight excluding hydrogens is 387 g/mol. The van der Waals surface area contributed by atoms with Crippen LogP contribution in [0.3, 0.4) is 0 Å². The van der Waals surface area contributed by atoms with E-state index in [1.165, 1.54) is 17.4 Å². The summed E-state index contributed by atoms with van der Waals surface area (Å²) in [6.45, 7) is 4.65. The number of aromatic amines is 1. The first-order chi connectivity index (χ1) is 14.2. The highest BCUT2D eigenvalue weighted by Crippen LogP contribution is 2.27. The molecule has 6 nitrogen and oxygen atoms in total. The molecule has 0 aliphatic carbocycles. The van der Waals surface area contributed by atoms with E-state index in [0.717, 1.165) is 38.1 Å². The highest BCUT2D eigenvalue weighted by Gasteiger charge is 2.16. The lowest BCUT2D eigenvalue weighted by Gasteiger charge is -2.14. The molecular formula is C21H17FN6S. The van der Waals surface area contributed by atoms with Gasteiger partial charge in [-0.15, -0.1) is 11.3 Å². The van der Waals surface area contributed by atoms with E-state index in [-0.39, 0.29) is 5.82 Å². The van der Waals surface area contributed by atoms with Crippen LogP contribution in [0.2, 0.25) is 0 Å². The zero-order chi connectivity index (χ0) is 19.8. The van der Waals surface area contributed by atoms with Gasteiger partial charge in [0, 0.05) is 41.1 Å². The number of hydrogen-bond acceptors (Lipinski definition) is 6. The summed E-state index contributed by atoms with van der Waals surface area (Å²) in [5.41, 5.74) is 6.08. The number of anilines is 1. The van der Waals surface area contributed by atoms with E-state index in [1.54, 1.807) is 17.6 Å². The molecule has 0 unspecified atom stereocenters. The van der Waals surface area contributed by atoms with Gasteiger partial charge in [-0.3, -0.25) is 0 Å². The van der Waals surface area contributed by atoms with E-state index in [4.69, 9.17) is 4.98 Å². The Morgan fingerprint density at radius 1 is 1.24 bits per heavy atom. The van der Waals surface area contributed by atoms with Crippen LogP contribution < -0.4 is 10.6 Å².